The lowest BCUT2D eigenvalue weighted by molar-refractivity contribution is 0.0916. The smallest absolute Gasteiger partial charge is 0.289 e. The third-order valence-electron chi connectivity index (χ3n) is 2.52. The van der Waals surface area contributed by atoms with E-state index >= 15 is 0 Å². The molecule has 0 aliphatic carbocycles. The summed E-state index contributed by atoms with van der Waals surface area (Å²) in [5.41, 5.74) is 0. The van der Waals surface area contributed by atoms with Crippen molar-refractivity contribution in [2.75, 3.05) is 6.54 Å². The molecular formula is C12H19ClN2O2. The van der Waals surface area contributed by atoms with Gasteiger partial charge in [0.05, 0.1) is 0 Å². The second-order valence-corrected chi connectivity index (χ2v) is 4.42. The van der Waals surface area contributed by atoms with Gasteiger partial charge in [-0.1, -0.05) is 55.8 Å². The second kappa shape index (κ2) is 8.12. The van der Waals surface area contributed by atoms with Crippen LogP contribution in [0.25, 0.3) is 0 Å². The number of hydrogen-bond donors (Lipinski definition) is 1. The fourth-order valence-electron chi connectivity index (χ4n) is 1.56. The number of aromatic nitrogens is 1. The van der Waals surface area contributed by atoms with Gasteiger partial charge in [-0.05, 0) is 6.42 Å². The average Bonchev–Trinajstić information content (AvgIpc) is 2.74. The summed E-state index contributed by atoms with van der Waals surface area (Å²) >= 11 is 5.55. The first-order chi connectivity index (χ1) is 8.24. The molecule has 0 aliphatic heterocycles. The van der Waals surface area contributed by atoms with Crippen LogP contribution < -0.4 is 5.32 Å². The van der Waals surface area contributed by atoms with Crippen LogP contribution in [0.2, 0.25) is 5.15 Å². The predicted octanol–water partition coefficient (Wildman–Crippen LogP) is 3.42. The number of amides is 1. The molecule has 0 radical (unpaired) electrons. The fourth-order valence-corrected chi connectivity index (χ4v) is 1.69. The minimum absolute atomic E-state index is 0.168. The number of nitrogens with zero attached hydrogens (tertiary/aromatic N) is 1. The van der Waals surface area contributed by atoms with Crippen molar-refractivity contribution in [3.63, 3.8) is 0 Å². The third-order valence-corrected chi connectivity index (χ3v) is 2.70. The van der Waals surface area contributed by atoms with Crippen LogP contribution in [0, 0.1) is 0 Å². The van der Waals surface area contributed by atoms with Gasteiger partial charge in [0.25, 0.3) is 5.91 Å². The van der Waals surface area contributed by atoms with E-state index in [4.69, 9.17) is 16.1 Å². The van der Waals surface area contributed by atoms with Crippen molar-refractivity contribution in [3.05, 3.63) is 17.0 Å². The van der Waals surface area contributed by atoms with E-state index in [1.165, 1.54) is 31.7 Å². The molecule has 0 saturated heterocycles. The third kappa shape index (κ3) is 5.73. The molecular weight excluding hydrogens is 240 g/mol. The van der Waals surface area contributed by atoms with Crippen LogP contribution in [0.3, 0.4) is 0 Å². The standard InChI is InChI=1S/C12H19ClN2O2/c1-2-3-4-5-6-7-8-14-12(16)10-9-11(13)15-17-10/h9H,2-8H2,1H3,(H,14,16). The van der Waals surface area contributed by atoms with Crippen LogP contribution in [0.1, 0.15) is 56.0 Å². The molecule has 0 unspecified atom stereocenters. The Balaban J connectivity index is 2.05. The molecule has 1 aromatic heterocycles. The van der Waals surface area contributed by atoms with Crippen molar-refractivity contribution in [3.8, 4) is 0 Å². The van der Waals surface area contributed by atoms with Gasteiger partial charge in [0.1, 0.15) is 0 Å². The molecule has 4 nitrogen and oxygen atoms in total. The van der Waals surface area contributed by atoms with Gasteiger partial charge in [0.2, 0.25) is 5.76 Å². The molecule has 1 rings (SSSR count). The van der Waals surface area contributed by atoms with Crippen LogP contribution in [-0.4, -0.2) is 17.6 Å². The molecule has 1 heterocycles. The Morgan fingerprint density at radius 3 is 2.71 bits per heavy atom. The number of nitrogens with one attached hydrogen (secondary N) is 1. The van der Waals surface area contributed by atoms with Gasteiger partial charge in [-0.15, -0.1) is 0 Å². The maximum Gasteiger partial charge on any atom is 0.289 e. The molecule has 0 spiro atoms. The minimum Gasteiger partial charge on any atom is -0.349 e. The number of halogens is 1. The van der Waals surface area contributed by atoms with Gasteiger partial charge in [0, 0.05) is 12.6 Å². The summed E-state index contributed by atoms with van der Waals surface area (Å²) in [6.07, 6.45) is 7.21. The normalized spacial score (nSPS) is 10.5. The molecule has 96 valence electrons. The van der Waals surface area contributed by atoms with Crippen LogP contribution in [0.4, 0.5) is 0 Å². The Hall–Kier alpha value is -1.03. The van der Waals surface area contributed by atoms with Crippen molar-refractivity contribution < 1.29 is 9.32 Å². The Kier molecular flexibility index (Phi) is 6.70. The zero-order valence-electron chi connectivity index (χ0n) is 10.2. The number of rotatable bonds is 8. The molecule has 1 N–H and O–H groups in total. The monoisotopic (exact) mass is 258 g/mol. The van der Waals surface area contributed by atoms with E-state index in [1.807, 2.05) is 0 Å². The molecule has 5 heteroatoms. The SMILES string of the molecule is CCCCCCCCNC(=O)c1cc(Cl)no1. The molecule has 0 saturated carbocycles. The maximum atomic E-state index is 11.5. The van der Waals surface area contributed by atoms with Gasteiger partial charge < -0.3 is 9.84 Å². The minimum atomic E-state index is -0.252. The van der Waals surface area contributed by atoms with E-state index in [1.54, 1.807) is 0 Å². The Morgan fingerprint density at radius 1 is 1.35 bits per heavy atom. The van der Waals surface area contributed by atoms with Gasteiger partial charge in [0.15, 0.2) is 5.15 Å². The highest BCUT2D eigenvalue weighted by molar-refractivity contribution is 6.29. The highest BCUT2D eigenvalue weighted by Gasteiger charge is 2.10. The highest BCUT2D eigenvalue weighted by Crippen LogP contribution is 2.08. The first kappa shape index (κ1) is 14.0. The van der Waals surface area contributed by atoms with Crippen LogP contribution in [-0.2, 0) is 0 Å². The zero-order valence-corrected chi connectivity index (χ0v) is 10.9. The fraction of sp³-hybridized carbons (Fsp3) is 0.667. The van der Waals surface area contributed by atoms with Gasteiger partial charge in [-0.2, -0.15) is 0 Å². The molecule has 0 fully saturated rings. The lowest BCUT2D eigenvalue weighted by Crippen LogP contribution is -2.23. The lowest BCUT2D eigenvalue weighted by atomic mass is 10.1. The summed E-state index contributed by atoms with van der Waals surface area (Å²) in [5.74, 6) is -0.0843. The average molecular weight is 259 g/mol. The van der Waals surface area contributed by atoms with Crippen molar-refractivity contribution in [1.29, 1.82) is 0 Å². The van der Waals surface area contributed by atoms with Crippen LogP contribution >= 0.6 is 11.6 Å². The molecule has 0 atom stereocenters. The summed E-state index contributed by atoms with van der Waals surface area (Å²) < 4.78 is 4.74. The summed E-state index contributed by atoms with van der Waals surface area (Å²) in [5, 5.41) is 6.42. The molecule has 1 amide bonds. The Labute approximate surface area is 107 Å². The van der Waals surface area contributed by atoms with Crippen molar-refractivity contribution >= 4 is 17.5 Å². The van der Waals surface area contributed by atoms with Gasteiger partial charge in [-0.3, -0.25) is 4.79 Å². The molecule has 0 aromatic carbocycles. The number of carbonyl (C=O) groups excluding carboxylic acids is 1. The second-order valence-electron chi connectivity index (χ2n) is 4.04. The van der Waals surface area contributed by atoms with E-state index in [-0.39, 0.29) is 16.8 Å². The van der Waals surface area contributed by atoms with Crippen LogP contribution in [0.5, 0.6) is 0 Å². The number of hydrogen-bond acceptors (Lipinski definition) is 3. The Bertz CT molecular complexity index is 339. The Morgan fingerprint density at radius 2 is 2.06 bits per heavy atom. The first-order valence-corrected chi connectivity index (χ1v) is 6.52. The van der Waals surface area contributed by atoms with Gasteiger partial charge >= 0.3 is 0 Å². The quantitative estimate of drug-likeness (QED) is 0.727. The van der Waals surface area contributed by atoms with Gasteiger partial charge in [-0.25, -0.2) is 0 Å². The number of carbonyl (C=O) groups is 1. The van der Waals surface area contributed by atoms with Crippen LogP contribution in [0.15, 0.2) is 10.6 Å². The largest absolute Gasteiger partial charge is 0.349 e. The van der Waals surface area contributed by atoms with Crippen molar-refractivity contribution in [1.82, 2.24) is 10.5 Å². The summed E-state index contributed by atoms with van der Waals surface area (Å²) in [6, 6.07) is 1.41. The maximum absolute atomic E-state index is 11.5. The van der Waals surface area contributed by atoms with E-state index in [0.717, 1.165) is 12.8 Å². The number of unbranched alkanes of at least 4 members (excludes halogenated alkanes) is 5. The van der Waals surface area contributed by atoms with E-state index in [9.17, 15) is 4.79 Å². The van der Waals surface area contributed by atoms with E-state index < -0.39 is 0 Å². The van der Waals surface area contributed by atoms with Crippen molar-refractivity contribution in [2.45, 2.75) is 45.4 Å². The van der Waals surface area contributed by atoms with E-state index in [2.05, 4.69) is 17.4 Å². The topological polar surface area (TPSA) is 55.1 Å². The first-order valence-electron chi connectivity index (χ1n) is 6.14. The lowest BCUT2D eigenvalue weighted by Gasteiger charge is -2.02. The highest BCUT2D eigenvalue weighted by atomic mass is 35.5. The molecule has 0 bridgehead atoms. The summed E-state index contributed by atoms with van der Waals surface area (Å²) in [6.45, 7) is 2.87. The zero-order chi connectivity index (χ0) is 12.5. The summed E-state index contributed by atoms with van der Waals surface area (Å²) in [4.78, 5) is 11.5. The van der Waals surface area contributed by atoms with Crippen molar-refractivity contribution in [2.24, 2.45) is 0 Å². The molecule has 17 heavy (non-hydrogen) atoms. The molecule has 1 aromatic rings. The summed E-state index contributed by atoms with van der Waals surface area (Å²) in [7, 11) is 0. The van der Waals surface area contributed by atoms with E-state index in [0.29, 0.717) is 6.54 Å². The predicted molar refractivity (Wildman–Crippen MR) is 67.2 cm³/mol. The molecule has 0 aliphatic rings.